The molecule has 1 N–H and O–H groups in total. The fourth-order valence-corrected chi connectivity index (χ4v) is 2.66. The average Bonchev–Trinajstić information content (AvgIpc) is 2.70. The second-order valence-corrected chi connectivity index (χ2v) is 5.77. The van der Waals surface area contributed by atoms with Gasteiger partial charge in [-0.25, -0.2) is 5.43 Å². The first-order valence-electron chi connectivity index (χ1n) is 8.18. The molecular formula is C21H20N2O3. The number of rotatable bonds is 5. The Bertz CT molecular complexity index is 980. The summed E-state index contributed by atoms with van der Waals surface area (Å²) in [4.78, 5) is 12.4. The fraction of sp³-hybridized carbons (Fsp3) is 0.143. The molecule has 0 unspecified atom stereocenters. The summed E-state index contributed by atoms with van der Waals surface area (Å²) in [5, 5.41) is 6.31. The number of carbonyl (C=O) groups excluding carboxylic acids is 1. The average molecular weight is 348 g/mol. The van der Waals surface area contributed by atoms with Crippen LogP contribution in [0.4, 0.5) is 0 Å². The Hall–Kier alpha value is -3.34. The number of hydrogen-bond acceptors (Lipinski definition) is 4. The lowest BCUT2D eigenvalue weighted by Crippen LogP contribution is -2.19. The van der Waals surface area contributed by atoms with Crippen molar-refractivity contribution in [2.24, 2.45) is 5.10 Å². The van der Waals surface area contributed by atoms with E-state index in [1.807, 2.05) is 55.5 Å². The topological polar surface area (TPSA) is 59.9 Å². The third-order valence-electron chi connectivity index (χ3n) is 4.14. The van der Waals surface area contributed by atoms with E-state index in [1.165, 1.54) is 0 Å². The van der Waals surface area contributed by atoms with Gasteiger partial charge in [0.2, 0.25) is 0 Å². The van der Waals surface area contributed by atoms with Crippen LogP contribution in [0.15, 0.2) is 65.8 Å². The molecule has 0 aliphatic heterocycles. The lowest BCUT2D eigenvalue weighted by atomic mass is 10.1. The van der Waals surface area contributed by atoms with E-state index in [9.17, 15) is 4.79 Å². The van der Waals surface area contributed by atoms with Crippen LogP contribution in [0.25, 0.3) is 10.8 Å². The molecule has 26 heavy (non-hydrogen) atoms. The van der Waals surface area contributed by atoms with Gasteiger partial charge in [-0.3, -0.25) is 4.79 Å². The molecule has 0 saturated carbocycles. The number of amides is 1. The van der Waals surface area contributed by atoms with Gasteiger partial charge in [0.1, 0.15) is 0 Å². The van der Waals surface area contributed by atoms with Gasteiger partial charge in [0, 0.05) is 11.1 Å². The van der Waals surface area contributed by atoms with Crippen molar-refractivity contribution in [3.05, 3.63) is 71.8 Å². The summed E-state index contributed by atoms with van der Waals surface area (Å²) in [6.07, 6.45) is 0. The maximum atomic E-state index is 12.4. The SMILES string of the molecule is COc1ccc(/C(C)=N\NC(=O)c2ccc3ccccc3c2)cc1OC. The highest BCUT2D eigenvalue weighted by molar-refractivity contribution is 6.02. The van der Waals surface area contributed by atoms with E-state index < -0.39 is 0 Å². The van der Waals surface area contributed by atoms with Crippen LogP contribution in [0.1, 0.15) is 22.8 Å². The number of hydrogen-bond donors (Lipinski definition) is 1. The van der Waals surface area contributed by atoms with Crippen LogP contribution in [0.3, 0.4) is 0 Å². The lowest BCUT2D eigenvalue weighted by Gasteiger charge is -2.09. The zero-order valence-corrected chi connectivity index (χ0v) is 14.9. The van der Waals surface area contributed by atoms with E-state index >= 15 is 0 Å². The Labute approximate surface area is 152 Å². The van der Waals surface area contributed by atoms with Crippen molar-refractivity contribution in [3.63, 3.8) is 0 Å². The quantitative estimate of drug-likeness (QED) is 0.560. The van der Waals surface area contributed by atoms with Crippen molar-refractivity contribution in [1.82, 2.24) is 5.43 Å². The molecule has 0 spiro atoms. The molecule has 1 amide bonds. The first-order chi connectivity index (χ1) is 12.6. The highest BCUT2D eigenvalue weighted by Gasteiger charge is 2.08. The third kappa shape index (κ3) is 3.67. The smallest absolute Gasteiger partial charge is 0.271 e. The van der Waals surface area contributed by atoms with Gasteiger partial charge in [0.15, 0.2) is 11.5 Å². The van der Waals surface area contributed by atoms with Crippen LogP contribution in [-0.2, 0) is 0 Å². The second kappa shape index (κ2) is 7.70. The van der Waals surface area contributed by atoms with Crippen molar-refractivity contribution in [3.8, 4) is 11.5 Å². The Morgan fingerprint density at radius 1 is 0.846 bits per heavy atom. The van der Waals surface area contributed by atoms with Gasteiger partial charge in [-0.2, -0.15) is 5.10 Å². The molecule has 3 aromatic rings. The van der Waals surface area contributed by atoms with Gasteiger partial charge in [0.25, 0.3) is 5.91 Å². The maximum absolute atomic E-state index is 12.4. The Morgan fingerprint density at radius 2 is 1.54 bits per heavy atom. The van der Waals surface area contributed by atoms with Crippen LogP contribution >= 0.6 is 0 Å². The predicted molar refractivity (Wildman–Crippen MR) is 103 cm³/mol. The van der Waals surface area contributed by atoms with Crippen molar-refractivity contribution in [2.45, 2.75) is 6.92 Å². The van der Waals surface area contributed by atoms with Crippen LogP contribution in [0.5, 0.6) is 11.5 Å². The molecule has 0 heterocycles. The number of carbonyl (C=O) groups is 1. The zero-order valence-electron chi connectivity index (χ0n) is 14.9. The molecule has 0 atom stereocenters. The molecule has 0 aromatic heterocycles. The molecule has 0 saturated heterocycles. The molecule has 5 heteroatoms. The molecule has 132 valence electrons. The molecule has 3 aromatic carbocycles. The van der Waals surface area contributed by atoms with Gasteiger partial charge < -0.3 is 9.47 Å². The summed E-state index contributed by atoms with van der Waals surface area (Å²) < 4.78 is 10.5. The van der Waals surface area contributed by atoms with Crippen molar-refractivity contribution >= 4 is 22.4 Å². The summed E-state index contributed by atoms with van der Waals surface area (Å²) >= 11 is 0. The second-order valence-electron chi connectivity index (χ2n) is 5.77. The summed E-state index contributed by atoms with van der Waals surface area (Å²) in [5.41, 5.74) is 4.67. The lowest BCUT2D eigenvalue weighted by molar-refractivity contribution is 0.0955. The van der Waals surface area contributed by atoms with Crippen LogP contribution in [0.2, 0.25) is 0 Å². The molecule has 5 nitrogen and oxygen atoms in total. The van der Waals surface area contributed by atoms with Crippen LogP contribution < -0.4 is 14.9 Å². The van der Waals surface area contributed by atoms with E-state index in [0.29, 0.717) is 22.8 Å². The standard InChI is InChI=1S/C21H20N2O3/c1-14(16-10-11-19(25-2)20(13-16)26-3)22-23-21(24)18-9-8-15-6-4-5-7-17(15)12-18/h4-13H,1-3H3,(H,23,24)/b22-14-. The van der Waals surface area contributed by atoms with E-state index in [-0.39, 0.29) is 5.91 Å². The first kappa shape index (κ1) is 17.5. The number of fused-ring (bicyclic) bond motifs is 1. The largest absolute Gasteiger partial charge is 0.493 e. The van der Waals surface area contributed by atoms with Crippen LogP contribution in [-0.4, -0.2) is 25.8 Å². The highest BCUT2D eigenvalue weighted by Crippen LogP contribution is 2.27. The number of methoxy groups -OCH3 is 2. The fourth-order valence-electron chi connectivity index (χ4n) is 2.66. The van der Waals surface area contributed by atoms with Gasteiger partial charge in [-0.15, -0.1) is 0 Å². The zero-order chi connectivity index (χ0) is 18.5. The van der Waals surface area contributed by atoms with E-state index in [4.69, 9.17) is 9.47 Å². The number of nitrogens with zero attached hydrogens (tertiary/aromatic N) is 1. The van der Waals surface area contributed by atoms with E-state index in [0.717, 1.165) is 16.3 Å². The summed E-state index contributed by atoms with van der Waals surface area (Å²) in [6.45, 7) is 1.82. The summed E-state index contributed by atoms with van der Waals surface area (Å²) in [6, 6.07) is 19.0. The molecule has 3 rings (SSSR count). The normalized spacial score (nSPS) is 11.3. The summed E-state index contributed by atoms with van der Waals surface area (Å²) in [7, 11) is 3.16. The minimum Gasteiger partial charge on any atom is -0.493 e. The molecule has 0 aliphatic carbocycles. The van der Waals surface area contributed by atoms with E-state index in [2.05, 4.69) is 10.5 Å². The highest BCUT2D eigenvalue weighted by atomic mass is 16.5. The number of hydrazone groups is 1. The van der Waals surface area contributed by atoms with Gasteiger partial charge >= 0.3 is 0 Å². The van der Waals surface area contributed by atoms with Crippen molar-refractivity contribution < 1.29 is 14.3 Å². The minimum atomic E-state index is -0.254. The van der Waals surface area contributed by atoms with Gasteiger partial charge in [-0.05, 0) is 48.0 Å². The summed E-state index contributed by atoms with van der Waals surface area (Å²) in [5.74, 6) is 1.00. The number of ether oxygens (including phenoxy) is 2. The monoisotopic (exact) mass is 348 g/mol. The maximum Gasteiger partial charge on any atom is 0.271 e. The van der Waals surface area contributed by atoms with Gasteiger partial charge in [-0.1, -0.05) is 30.3 Å². The number of benzene rings is 3. The molecule has 0 bridgehead atoms. The molecule has 0 radical (unpaired) electrons. The Kier molecular flexibility index (Phi) is 5.17. The van der Waals surface area contributed by atoms with Gasteiger partial charge in [0.05, 0.1) is 19.9 Å². The minimum absolute atomic E-state index is 0.254. The van der Waals surface area contributed by atoms with Crippen molar-refractivity contribution in [1.29, 1.82) is 0 Å². The van der Waals surface area contributed by atoms with Crippen molar-refractivity contribution in [2.75, 3.05) is 14.2 Å². The molecule has 0 aliphatic rings. The third-order valence-corrected chi connectivity index (χ3v) is 4.14. The molecular weight excluding hydrogens is 328 g/mol. The van der Waals surface area contributed by atoms with E-state index in [1.54, 1.807) is 26.4 Å². The Morgan fingerprint density at radius 3 is 2.27 bits per heavy atom. The number of nitrogens with one attached hydrogen (secondary N) is 1. The first-order valence-corrected chi connectivity index (χ1v) is 8.18. The molecule has 0 fully saturated rings. The van der Waals surface area contributed by atoms with Crippen LogP contribution in [0, 0.1) is 0 Å². The Balaban J connectivity index is 1.78. The predicted octanol–water partition coefficient (Wildman–Crippen LogP) is 4.01.